The number of rotatable bonds is 12. The van der Waals surface area contributed by atoms with Crippen LogP contribution < -0.4 is 19.2 Å². The van der Waals surface area contributed by atoms with Gasteiger partial charge in [0, 0.05) is 5.02 Å². The molecule has 0 radical (unpaired) electrons. The van der Waals surface area contributed by atoms with Crippen LogP contribution in [0, 0.1) is 0 Å². The second-order valence-corrected chi connectivity index (χ2v) is 9.63. The second-order valence-electron chi connectivity index (χ2n) is 7.33. The molecule has 0 saturated carbocycles. The molecule has 0 aliphatic carbocycles. The summed E-state index contributed by atoms with van der Waals surface area (Å²) in [5.74, 6) is 0.362. The first-order valence-corrected chi connectivity index (χ1v) is 12.8. The van der Waals surface area contributed by atoms with Gasteiger partial charge >= 0.3 is 0 Å². The lowest BCUT2D eigenvalue weighted by molar-refractivity contribution is -0.119. The molecule has 0 saturated heterocycles. The minimum atomic E-state index is -4.14. The first-order chi connectivity index (χ1) is 17.3. The van der Waals surface area contributed by atoms with Crippen LogP contribution in [0.15, 0.2) is 95.4 Å². The highest BCUT2D eigenvalue weighted by Crippen LogP contribution is 2.32. The molecule has 1 amide bonds. The Bertz CT molecular complexity index is 1310. The molecular weight excluding hydrogens is 502 g/mol. The van der Waals surface area contributed by atoms with Crippen LogP contribution in [-0.2, 0) is 14.8 Å². The second kappa shape index (κ2) is 12.8. The molecule has 0 atom stereocenters. The van der Waals surface area contributed by atoms with E-state index in [1.807, 2.05) is 0 Å². The normalized spacial score (nSPS) is 11.2. The molecule has 3 rings (SSSR count). The average Bonchev–Trinajstić information content (AvgIpc) is 2.88. The first-order valence-electron chi connectivity index (χ1n) is 11.0. The van der Waals surface area contributed by atoms with Gasteiger partial charge in [-0.2, -0.15) is 5.10 Å². The van der Waals surface area contributed by atoms with E-state index in [1.165, 1.54) is 30.5 Å². The summed E-state index contributed by atoms with van der Waals surface area (Å²) in [5.41, 5.74) is 3.32. The molecule has 0 spiro atoms. The van der Waals surface area contributed by atoms with Crippen LogP contribution in [0.4, 0.5) is 5.69 Å². The molecular formula is C26H26ClN3O5S. The van der Waals surface area contributed by atoms with Crippen molar-refractivity contribution >= 4 is 39.4 Å². The van der Waals surface area contributed by atoms with Crippen LogP contribution in [-0.4, -0.2) is 40.3 Å². The molecule has 10 heteroatoms. The maximum atomic E-state index is 13.5. The van der Waals surface area contributed by atoms with E-state index in [1.54, 1.807) is 61.5 Å². The number of halogens is 1. The molecule has 3 aromatic carbocycles. The molecule has 8 nitrogen and oxygen atoms in total. The molecule has 0 unspecified atom stereocenters. The van der Waals surface area contributed by atoms with Gasteiger partial charge < -0.3 is 9.47 Å². The van der Waals surface area contributed by atoms with Crippen LogP contribution in [0.1, 0.15) is 12.5 Å². The van der Waals surface area contributed by atoms with Crippen LogP contribution in [0.5, 0.6) is 11.5 Å². The molecule has 36 heavy (non-hydrogen) atoms. The van der Waals surface area contributed by atoms with Gasteiger partial charge in [0.2, 0.25) is 0 Å². The SMILES string of the molecule is C=CCOc1ccc(/C=N\NC(=O)CN(c2ccccc2OCC)S(=O)(=O)c2ccc(Cl)cc2)cc1. The Morgan fingerprint density at radius 1 is 1.06 bits per heavy atom. The number of amides is 1. The first kappa shape index (κ1) is 26.8. The van der Waals surface area contributed by atoms with Crippen molar-refractivity contribution in [1.29, 1.82) is 0 Å². The fourth-order valence-electron chi connectivity index (χ4n) is 3.12. The number of anilines is 1. The fraction of sp³-hybridized carbons (Fsp3) is 0.154. The quantitative estimate of drug-likeness (QED) is 0.210. The van der Waals surface area contributed by atoms with Gasteiger partial charge in [0.25, 0.3) is 15.9 Å². The highest BCUT2D eigenvalue weighted by molar-refractivity contribution is 7.92. The standard InChI is InChI=1S/C26H26ClN3O5S/c1-3-17-35-22-13-9-20(10-14-22)18-28-29-26(31)19-30(24-7-5-6-8-25(24)34-4-2)36(32,33)23-15-11-21(27)12-16-23/h3,5-16,18H,1,4,17,19H2,2H3,(H,29,31)/b28-18-. The van der Waals surface area contributed by atoms with Crippen LogP contribution in [0.3, 0.4) is 0 Å². The summed E-state index contributed by atoms with van der Waals surface area (Å²) in [6, 6.07) is 19.4. The summed E-state index contributed by atoms with van der Waals surface area (Å²) in [5, 5.41) is 4.34. The van der Waals surface area contributed by atoms with E-state index in [0.29, 0.717) is 35.3 Å². The van der Waals surface area contributed by atoms with E-state index in [0.717, 1.165) is 4.31 Å². The molecule has 0 heterocycles. The van der Waals surface area contributed by atoms with Crippen molar-refractivity contribution in [1.82, 2.24) is 5.43 Å². The smallest absolute Gasteiger partial charge is 0.264 e. The molecule has 1 N–H and O–H groups in total. The largest absolute Gasteiger partial charge is 0.492 e. The predicted octanol–water partition coefficient (Wildman–Crippen LogP) is 4.65. The molecule has 0 aliphatic heterocycles. The summed E-state index contributed by atoms with van der Waals surface area (Å²) < 4.78 is 39.1. The Morgan fingerprint density at radius 3 is 2.42 bits per heavy atom. The van der Waals surface area contributed by atoms with Crippen molar-refractivity contribution in [3.63, 3.8) is 0 Å². The number of nitrogens with zero attached hydrogens (tertiary/aromatic N) is 2. The summed E-state index contributed by atoms with van der Waals surface area (Å²) in [6.07, 6.45) is 3.09. The average molecular weight is 528 g/mol. The number of sulfonamides is 1. The number of hydrazone groups is 1. The van der Waals surface area contributed by atoms with Crippen molar-refractivity contribution in [3.05, 3.63) is 96.0 Å². The highest BCUT2D eigenvalue weighted by atomic mass is 35.5. The lowest BCUT2D eigenvalue weighted by Gasteiger charge is -2.25. The Morgan fingerprint density at radius 2 is 1.75 bits per heavy atom. The Balaban J connectivity index is 1.81. The number of ether oxygens (including phenoxy) is 2. The lowest BCUT2D eigenvalue weighted by atomic mass is 10.2. The van der Waals surface area contributed by atoms with Gasteiger partial charge in [-0.15, -0.1) is 0 Å². The predicted molar refractivity (Wildman–Crippen MR) is 141 cm³/mol. The van der Waals surface area contributed by atoms with E-state index in [4.69, 9.17) is 21.1 Å². The number of carbonyl (C=O) groups excluding carboxylic acids is 1. The molecule has 0 aromatic heterocycles. The van der Waals surface area contributed by atoms with Crippen molar-refractivity contribution in [3.8, 4) is 11.5 Å². The number of hydrogen-bond donors (Lipinski definition) is 1. The number of hydrogen-bond acceptors (Lipinski definition) is 6. The van der Waals surface area contributed by atoms with Gasteiger partial charge in [0.1, 0.15) is 24.7 Å². The number of para-hydroxylation sites is 2. The zero-order valence-electron chi connectivity index (χ0n) is 19.6. The van der Waals surface area contributed by atoms with Crippen LogP contribution in [0.2, 0.25) is 5.02 Å². The third kappa shape index (κ3) is 7.10. The molecule has 3 aromatic rings. The maximum Gasteiger partial charge on any atom is 0.264 e. The highest BCUT2D eigenvalue weighted by Gasteiger charge is 2.29. The van der Waals surface area contributed by atoms with E-state index >= 15 is 0 Å². The topological polar surface area (TPSA) is 97.3 Å². The molecule has 0 aliphatic rings. The maximum absolute atomic E-state index is 13.5. The zero-order valence-corrected chi connectivity index (χ0v) is 21.2. The van der Waals surface area contributed by atoms with Crippen molar-refractivity contribution in [2.24, 2.45) is 5.10 Å². The van der Waals surface area contributed by atoms with E-state index in [9.17, 15) is 13.2 Å². The van der Waals surface area contributed by atoms with Gasteiger partial charge in [-0.05, 0) is 73.2 Å². The Hall–Kier alpha value is -3.82. The van der Waals surface area contributed by atoms with Crippen molar-refractivity contribution in [2.75, 3.05) is 24.1 Å². The van der Waals surface area contributed by atoms with Gasteiger partial charge in [-0.1, -0.05) is 36.4 Å². The molecule has 0 fully saturated rings. The van der Waals surface area contributed by atoms with E-state index < -0.39 is 22.5 Å². The van der Waals surface area contributed by atoms with Gasteiger partial charge in [0.05, 0.1) is 23.4 Å². The fourth-order valence-corrected chi connectivity index (χ4v) is 4.68. The Labute approximate surface area is 215 Å². The third-order valence-electron chi connectivity index (χ3n) is 4.77. The minimum Gasteiger partial charge on any atom is -0.492 e. The summed E-state index contributed by atoms with van der Waals surface area (Å²) in [4.78, 5) is 12.7. The Kier molecular flexibility index (Phi) is 9.49. The van der Waals surface area contributed by atoms with Gasteiger partial charge in [-0.3, -0.25) is 9.10 Å². The van der Waals surface area contributed by atoms with Crippen LogP contribution in [0.25, 0.3) is 0 Å². The third-order valence-corrected chi connectivity index (χ3v) is 6.80. The van der Waals surface area contributed by atoms with Crippen molar-refractivity contribution < 1.29 is 22.7 Å². The molecule has 0 bridgehead atoms. The van der Waals surface area contributed by atoms with Crippen LogP contribution >= 0.6 is 11.6 Å². The van der Waals surface area contributed by atoms with Crippen molar-refractivity contribution in [2.45, 2.75) is 11.8 Å². The van der Waals surface area contributed by atoms with E-state index in [2.05, 4.69) is 17.1 Å². The minimum absolute atomic E-state index is 0.0201. The number of benzene rings is 3. The summed E-state index contributed by atoms with van der Waals surface area (Å²) >= 11 is 5.93. The lowest BCUT2D eigenvalue weighted by Crippen LogP contribution is -2.39. The van der Waals surface area contributed by atoms with Gasteiger partial charge in [0.15, 0.2) is 0 Å². The summed E-state index contributed by atoms with van der Waals surface area (Å²) in [7, 11) is -4.14. The zero-order chi connectivity index (χ0) is 26.0. The molecule has 188 valence electrons. The number of nitrogens with one attached hydrogen (secondary N) is 1. The summed E-state index contributed by atoms with van der Waals surface area (Å²) in [6.45, 7) is 5.57. The number of carbonyl (C=O) groups is 1. The monoisotopic (exact) mass is 527 g/mol. The van der Waals surface area contributed by atoms with Gasteiger partial charge in [-0.25, -0.2) is 13.8 Å². The van der Waals surface area contributed by atoms with E-state index in [-0.39, 0.29) is 10.6 Å².